The molecule has 1 atom stereocenters. The Balaban J connectivity index is 0.00000361. The van der Waals surface area contributed by atoms with Crippen LogP contribution in [-0.2, 0) is 10.0 Å². The molecule has 0 radical (unpaired) electrons. The van der Waals surface area contributed by atoms with Crippen LogP contribution < -0.4 is 10.5 Å². The molecule has 1 rings (SSSR count). The monoisotopic (exact) mass is 387 g/mol. The SMILES string of the molecule is CC(N)CCNS(=O)(=O)c1ccc([N+](=O)[O-])c(Br)c1.Cl. The van der Waals surface area contributed by atoms with Gasteiger partial charge in [0, 0.05) is 18.7 Å². The Morgan fingerprint density at radius 1 is 1.50 bits per heavy atom. The molecule has 0 aromatic heterocycles. The van der Waals surface area contributed by atoms with Crippen molar-refractivity contribution in [2.45, 2.75) is 24.3 Å². The van der Waals surface area contributed by atoms with Crippen LogP contribution in [0.3, 0.4) is 0 Å². The molecule has 0 spiro atoms. The summed E-state index contributed by atoms with van der Waals surface area (Å²) in [5.41, 5.74) is 5.33. The van der Waals surface area contributed by atoms with Gasteiger partial charge in [-0.25, -0.2) is 13.1 Å². The predicted molar refractivity (Wildman–Crippen MR) is 81.5 cm³/mol. The number of halogens is 2. The number of rotatable bonds is 6. The van der Waals surface area contributed by atoms with Crippen LogP contribution in [0.4, 0.5) is 5.69 Å². The Morgan fingerprint density at radius 2 is 2.10 bits per heavy atom. The van der Waals surface area contributed by atoms with Crippen molar-refractivity contribution in [1.82, 2.24) is 4.72 Å². The molecule has 20 heavy (non-hydrogen) atoms. The molecule has 0 fully saturated rings. The van der Waals surface area contributed by atoms with Gasteiger partial charge in [0.05, 0.1) is 14.3 Å². The van der Waals surface area contributed by atoms with Crippen molar-refractivity contribution in [1.29, 1.82) is 0 Å². The molecule has 0 amide bonds. The summed E-state index contributed by atoms with van der Waals surface area (Å²) in [7, 11) is -3.68. The topological polar surface area (TPSA) is 115 Å². The zero-order chi connectivity index (χ0) is 14.6. The van der Waals surface area contributed by atoms with E-state index in [1.165, 1.54) is 12.1 Å². The standard InChI is InChI=1S/C10H14BrN3O4S.ClH/c1-7(12)4-5-13-19(17,18)8-2-3-10(14(15)16)9(11)6-8;/h2-3,6-7,13H,4-5,12H2,1H3;1H. The van der Waals surface area contributed by atoms with E-state index in [1.807, 2.05) is 0 Å². The second kappa shape index (κ2) is 7.89. The van der Waals surface area contributed by atoms with Crippen LogP contribution in [0.15, 0.2) is 27.6 Å². The summed E-state index contributed by atoms with van der Waals surface area (Å²) in [6.45, 7) is 1.99. The number of nitro groups is 1. The molecule has 0 heterocycles. The lowest BCUT2D eigenvalue weighted by Crippen LogP contribution is -2.29. The molecule has 0 saturated carbocycles. The number of nitro benzene ring substituents is 1. The average Bonchev–Trinajstić information content (AvgIpc) is 2.27. The molecule has 10 heteroatoms. The Kier molecular flexibility index (Phi) is 7.60. The third kappa shape index (κ3) is 5.33. The normalized spacial score (nSPS) is 12.6. The highest BCUT2D eigenvalue weighted by Crippen LogP contribution is 2.27. The van der Waals surface area contributed by atoms with Crippen molar-refractivity contribution in [2.24, 2.45) is 5.73 Å². The second-order valence-corrected chi connectivity index (χ2v) is 6.66. The van der Waals surface area contributed by atoms with Crippen LogP contribution >= 0.6 is 28.3 Å². The molecule has 0 aliphatic carbocycles. The first-order valence-corrected chi connectivity index (χ1v) is 7.71. The van der Waals surface area contributed by atoms with E-state index in [0.29, 0.717) is 6.42 Å². The lowest BCUT2D eigenvalue weighted by Gasteiger charge is -2.08. The van der Waals surface area contributed by atoms with Gasteiger partial charge in [0.25, 0.3) is 5.69 Å². The van der Waals surface area contributed by atoms with Crippen molar-refractivity contribution >= 4 is 44.0 Å². The Labute approximate surface area is 131 Å². The van der Waals surface area contributed by atoms with Gasteiger partial charge in [-0.2, -0.15) is 0 Å². The molecular formula is C10H15BrClN3O4S. The van der Waals surface area contributed by atoms with E-state index in [0.717, 1.165) is 6.07 Å². The molecule has 7 nitrogen and oxygen atoms in total. The number of nitrogens with one attached hydrogen (secondary N) is 1. The molecule has 0 saturated heterocycles. The smallest absolute Gasteiger partial charge is 0.283 e. The van der Waals surface area contributed by atoms with Gasteiger partial charge in [-0.05, 0) is 41.4 Å². The molecule has 3 N–H and O–H groups in total. The predicted octanol–water partition coefficient (Wildman–Crippen LogP) is 1.79. The highest BCUT2D eigenvalue weighted by atomic mass is 79.9. The summed E-state index contributed by atoms with van der Waals surface area (Å²) in [6.07, 6.45) is 0.507. The van der Waals surface area contributed by atoms with Gasteiger partial charge in [-0.3, -0.25) is 10.1 Å². The highest BCUT2D eigenvalue weighted by Gasteiger charge is 2.18. The number of hydrogen-bond donors (Lipinski definition) is 2. The summed E-state index contributed by atoms with van der Waals surface area (Å²) >= 11 is 2.98. The summed E-state index contributed by atoms with van der Waals surface area (Å²) in [5.74, 6) is 0. The van der Waals surface area contributed by atoms with E-state index < -0.39 is 14.9 Å². The minimum absolute atomic E-state index is 0. The summed E-state index contributed by atoms with van der Waals surface area (Å²) in [5, 5.41) is 10.6. The molecule has 1 aromatic rings. The van der Waals surface area contributed by atoms with E-state index >= 15 is 0 Å². The van der Waals surface area contributed by atoms with Crippen LogP contribution in [0, 0.1) is 10.1 Å². The fraction of sp³-hybridized carbons (Fsp3) is 0.400. The van der Waals surface area contributed by atoms with Crippen LogP contribution in [-0.4, -0.2) is 25.9 Å². The molecule has 114 valence electrons. The average molecular weight is 389 g/mol. The van der Waals surface area contributed by atoms with Gasteiger partial charge in [0.15, 0.2) is 0 Å². The molecule has 0 bridgehead atoms. The number of benzene rings is 1. The largest absolute Gasteiger partial charge is 0.328 e. The van der Waals surface area contributed by atoms with Crippen molar-refractivity contribution in [3.8, 4) is 0 Å². The molecular weight excluding hydrogens is 374 g/mol. The number of hydrogen-bond acceptors (Lipinski definition) is 5. The van der Waals surface area contributed by atoms with Crippen LogP contribution in [0.25, 0.3) is 0 Å². The first-order chi connectivity index (χ1) is 8.74. The Bertz CT molecular complexity index is 580. The number of nitrogens with two attached hydrogens (primary N) is 1. The van der Waals surface area contributed by atoms with Crippen molar-refractivity contribution < 1.29 is 13.3 Å². The highest BCUT2D eigenvalue weighted by molar-refractivity contribution is 9.10. The minimum atomic E-state index is -3.68. The summed E-state index contributed by atoms with van der Waals surface area (Å²) in [6, 6.07) is 3.43. The second-order valence-electron chi connectivity index (χ2n) is 4.03. The Hall–Kier alpha value is -0.740. The van der Waals surface area contributed by atoms with Gasteiger partial charge in [0.1, 0.15) is 0 Å². The fourth-order valence-electron chi connectivity index (χ4n) is 1.31. The maximum absolute atomic E-state index is 11.9. The summed E-state index contributed by atoms with van der Waals surface area (Å²) in [4.78, 5) is 10.0. The third-order valence-corrected chi connectivity index (χ3v) is 4.41. The third-order valence-electron chi connectivity index (χ3n) is 2.32. The first-order valence-electron chi connectivity index (χ1n) is 5.43. The first kappa shape index (κ1) is 19.3. The van der Waals surface area contributed by atoms with E-state index in [9.17, 15) is 18.5 Å². The number of nitrogens with zero attached hydrogens (tertiary/aromatic N) is 1. The maximum atomic E-state index is 11.9. The van der Waals surface area contributed by atoms with Crippen LogP contribution in [0.1, 0.15) is 13.3 Å². The van der Waals surface area contributed by atoms with E-state index in [2.05, 4.69) is 20.7 Å². The molecule has 1 unspecified atom stereocenters. The fourth-order valence-corrected chi connectivity index (χ4v) is 3.06. The Morgan fingerprint density at radius 3 is 2.55 bits per heavy atom. The van der Waals surface area contributed by atoms with Crippen LogP contribution in [0.2, 0.25) is 0 Å². The minimum Gasteiger partial charge on any atom is -0.328 e. The lowest BCUT2D eigenvalue weighted by atomic mass is 10.3. The summed E-state index contributed by atoms with van der Waals surface area (Å²) < 4.78 is 26.3. The maximum Gasteiger partial charge on any atom is 0.283 e. The molecule has 1 aromatic carbocycles. The quantitative estimate of drug-likeness (QED) is 0.569. The van der Waals surface area contributed by atoms with Gasteiger partial charge in [-0.1, -0.05) is 0 Å². The van der Waals surface area contributed by atoms with E-state index in [4.69, 9.17) is 5.73 Å². The van der Waals surface area contributed by atoms with E-state index in [-0.39, 0.29) is 40.0 Å². The van der Waals surface area contributed by atoms with Crippen molar-refractivity contribution in [3.05, 3.63) is 32.8 Å². The van der Waals surface area contributed by atoms with Gasteiger partial charge in [-0.15, -0.1) is 12.4 Å². The lowest BCUT2D eigenvalue weighted by molar-refractivity contribution is -0.385. The molecule has 0 aliphatic rings. The van der Waals surface area contributed by atoms with E-state index in [1.54, 1.807) is 6.92 Å². The number of sulfonamides is 1. The zero-order valence-electron chi connectivity index (χ0n) is 10.6. The zero-order valence-corrected chi connectivity index (χ0v) is 13.8. The molecule has 0 aliphatic heterocycles. The van der Waals surface area contributed by atoms with Crippen LogP contribution in [0.5, 0.6) is 0 Å². The van der Waals surface area contributed by atoms with Crippen molar-refractivity contribution in [2.75, 3.05) is 6.54 Å². The van der Waals surface area contributed by atoms with Gasteiger partial charge >= 0.3 is 0 Å². The van der Waals surface area contributed by atoms with Gasteiger partial charge in [0.2, 0.25) is 10.0 Å². The van der Waals surface area contributed by atoms with Crippen molar-refractivity contribution in [3.63, 3.8) is 0 Å². The van der Waals surface area contributed by atoms with Gasteiger partial charge < -0.3 is 5.73 Å².